The molecule has 0 bridgehead atoms. The summed E-state index contributed by atoms with van der Waals surface area (Å²) in [5.41, 5.74) is -0.176. The normalized spacial score (nSPS) is 10.3. The first-order valence-corrected chi connectivity index (χ1v) is 6.04. The number of hydrogen-bond acceptors (Lipinski definition) is 7. The zero-order valence-corrected chi connectivity index (χ0v) is 12.2. The molecular formula is C11H12ClN5O4. The third-order valence-electron chi connectivity index (χ3n) is 2.55. The molecule has 0 spiro atoms. The molecule has 0 radical (unpaired) electrons. The van der Waals surface area contributed by atoms with Gasteiger partial charge in [-0.15, -0.1) is 0 Å². The lowest BCUT2D eigenvalue weighted by atomic mass is 10.3. The number of carboxylic acid groups (broad SMARTS) is 1. The average molecular weight is 314 g/mol. The predicted octanol–water partition coefficient (Wildman–Crippen LogP) is 1.32. The molecule has 2 aromatic heterocycles. The molecule has 0 aliphatic rings. The van der Waals surface area contributed by atoms with E-state index in [2.05, 4.69) is 20.4 Å². The van der Waals surface area contributed by atoms with Gasteiger partial charge in [-0.3, -0.25) is 4.68 Å². The van der Waals surface area contributed by atoms with Crippen molar-refractivity contribution < 1.29 is 19.4 Å². The first-order chi connectivity index (χ1) is 9.96. The number of hydrogen-bond donors (Lipinski definition) is 2. The lowest BCUT2D eigenvalue weighted by molar-refractivity contribution is 0.0698. The highest BCUT2D eigenvalue weighted by atomic mass is 35.5. The molecule has 0 unspecified atom stereocenters. The van der Waals surface area contributed by atoms with Gasteiger partial charge in [0.05, 0.1) is 20.3 Å². The fraction of sp³-hybridized carbons (Fsp3) is 0.273. The Bertz CT molecular complexity index is 665. The third kappa shape index (κ3) is 2.97. The van der Waals surface area contributed by atoms with Crippen LogP contribution in [-0.2, 0) is 7.05 Å². The molecule has 0 saturated carbocycles. The Kier molecular flexibility index (Phi) is 4.13. The molecule has 112 valence electrons. The van der Waals surface area contributed by atoms with Gasteiger partial charge < -0.3 is 19.9 Å². The Hall–Kier alpha value is -2.55. The number of halogens is 1. The van der Waals surface area contributed by atoms with Crippen LogP contribution in [0.4, 0.5) is 11.8 Å². The Balaban J connectivity index is 2.45. The van der Waals surface area contributed by atoms with E-state index < -0.39 is 5.97 Å². The highest BCUT2D eigenvalue weighted by molar-refractivity contribution is 6.33. The molecule has 21 heavy (non-hydrogen) atoms. The van der Waals surface area contributed by atoms with Crippen LogP contribution in [0.5, 0.6) is 11.8 Å². The van der Waals surface area contributed by atoms with E-state index >= 15 is 0 Å². The maximum absolute atomic E-state index is 11.2. The van der Waals surface area contributed by atoms with Crippen LogP contribution in [0.25, 0.3) is 0 Å². The molecule has 2 aromatic rings. The van der Waals surface area contributed by atoms with E-state index in [0.717, 1.165) is 0 Å². The van der Waals surface area contributed by atoms with Gasteiger partial charge >= 0.3 is 5.97 Å². The molecule has 0 fully saturated rings. The van der Waals surface area contributed by atoms with Crippen molar-refractivity contribution in [2.75, 3.05) is 19.5 Å². The van der Waals surface area contributed by atoms with Gasteiger partial charge in [0.25, 0.3) is 0 Å². The Morgan fingerprint density at radius 3 is 2.38 bits per heavy atom. The number of nitrogens with zero attached hydrogens (tertiary/aromatic N) is 4. The maximum atomic E-state index is 11.2. The lowest BCUT2D eigenvalue weighted by Gasteiger charge is -2.09. The summed E-state index contributed by atoms with van der Waals surface area (Å²) in [7, 11) is 4.42. The number of carbonyl (C=O) groups is 1. The topological polar surface area (TPSA) is 111 Å². The van der Waals surface area contributed by atoms with E-state index in [9.17, 15) is 9.90 Å². The Labute approximate surface area is 124 Å². The summed E-state index contributed by atoms with van der Waals surface area (Å²) in [5, 5.41) is 15.6. The van der Waals surface area contributed by atoms with Crippen LogP contribution in [0.2, 0.25) is 5.15 Å². The second-order valence-electron chi connectivity index (χ2n) is 3.84. The molecule has 0 aromatic carbocycles. The van der Waals surface area contributed by atoms with Crippen molar-refractivity contribution in [3.05, 3.63) is 16.8 Å². The first-order valence-electron chi connectivity index (χ1n) is 5.66. The summed E-state index contributed by atoms with van der Waals surface area (Å²) in [6.07, 6.45) is 0. The van der Waals surface area contributed by atoms with Crippen LogP contribution in [0.15, 0.2) is 6.07 Å². The van der Waals surface area contributed by atoms with Crippen molar-refractivity contribution >= 4 is 29.3 Å². The number of ether oxygens (including phenoxy) is 2. The standard InChI is InChI=1S/C11H12ClN5O4/c1-17-9(7(10(18)19)8(12)16-17)15-11-13-5(20-2)4-6(14-11)21-3/h4H,1-3H3,(H,18,19)(H,13,14,15). The molecule has 0 saturated heterocycles. The van der Waals surface area contributed by atoms with Crippen LogP contribution in [-0.4, -0.2) is 45.0 Å². The number of anilines is 2. The molecule has 0 aliphatic heterocycles. The second kappa shape index (κ2) is 5.83. The molecule has 2 N–H and O–H groups in total. The van der Waals surface area contributed by atoms with E-state index in [1.165, 1.54) is 32.0 Å². The van der Waals surface area contributed by atoms with Crippen molar-refractivity contribution in [2.45, 2.75) is 0 Å². The lowest BCUT2D eigenvalue weighted by Crippen LogP contribution is -2.08. The van der Waals surface area contributed by atoms with Crippen molar-refractivity contribution in [1.82, 2.24) is 19.7 Å². The summed E-state index contributed by atoms with van der Waals surface area (Å²) in [6.45, 7) is 0. The number of methoxy groups -OCH3 is 2. The van der Waals surface area contributed by atoms with Crippen LogP contribution < -0.4 is 14.8 Å². The summed E-state index contributed by atoms with van der Waals surface area (Å²) in [5.74, 6) is -0.467. The highest BCUT2D eigenvalue weighted by Crippen LogP contribution is 2.27. The Morgan fingerprint density at radius 2 is 1.90 bits per heavy atom. The van der Waals surface area contributed by atoms with Crippen molar-refractivity contribution in [3.63, 3.8) is 0 Å². The number of nitrogens with one attached hydrogen (secondary N) is 1. The molecule has 2 heterocycles. The molecule has 2 rings (SSSR count). The first kappa shape index (κ1) is 14.9. The van der Waals surface area contributed by atoms with Crippen LogP contribution in [0.3, 0.4) is 0 Å². The zero-order valence-electron chi connectivity index (χ0n) is 11.4. The molecule has 9 nitrogen and oxygen atoms in total. The van der Waals surface area contributed by atoms with Gasteiger partial charge in [0.2, 0.25) is 17.7 Å². The fourth-order valence-electron chi connectivity index (χ4n) is 1.60. The van der Waals surface area contributed by atoms with Crippen molar-refractivity contribution in [2.24, 2.45) is 7.05 Å². The zero-order chi connectivity index (χ0) is 15.6. The van der Waals surface area contributed by atoms with E-state index in [1.54, 1.807) is 0 Å². The molecular weight excluding hydrogens is 302 g/mol. The van der Waals surface area contributed by atoms with E-state index in [0.29, 0.717) is 0 Å². The molecule has 0 atom stereocenters. The Morgan fingerprint density at radius 1 is 1.33 bits per heavy atom. The van der Waals surface area contributed by atoms with Gasteiger partial charge in [-0.05, 0) is 0 Å². The van der Waals surface area contributed by atoms with Gasteiger partial charge in [-0.25, -0.2) is 4.79 Å². The van der Waals surface area contributed by atoms with Gasteiger partial charge in [-0.1, -0.05) is 11.6 Å². The van der Waals surface area contributed by atoms with Gasteiger partial charge in [0, 0.05) is 7.05 Å². The molecule has 0 amide bonds. The number of aromatic carboxylic acids is 1. The quantitative estimate of drug-likeness (QED) is 0.850. The summed E-state index contributed by atoms with van der Waals surface area (Å²) in [4.78, 5) is 19.3. The summed E-state index contributed by atoms with van der Waals surface area (Å²) < 4.78 is 11.3. The highest BCUT2D eigenvalue weighted by Gasteiger charge is 2.22. The number of carboxylic acids is 1. The third-order valence-corrected chi connectivity index (χ3v) is 2.81. The monoisotopic (exact) mass is 313 g/mol. The molecule has 0 aliphatic carbocycles. The number of aromatic nitrogens is 4. The van der Waals surface area contributed by atoms with E-state index in [4.69, 9.17) is 21.1 Å². The number of rotatable bonds is 5. The van der Waals surface area contributed by atoms with E-state index in [1.807, 2.05) is 0 Å². The van der Waals surface area contributed by atoms with Crippen molar-refractivity contribution in [1.29, 1.82) is 0 Å². The number of aryl methyl sites for hydroxylation is 1. The predicted molar refractivity (Wildman–Crippen MR) is 73.6 cm³/mol. The fourth-order valence-corrected chi connectivity index (χ4v) is 1.88. The second-order valence-corrected chi connectivity index (χ2v) is 4.20. The summed E-state index contributed by atoms with van der Waals surface area (Å²) >= 11 is 5.79. The van der Waals surface area contributed by atoms with Gasteiger partial charge in [-0.2, -0.15) is 15.1 Å². The van der Waals surface area contributed by atoms with Crippen LogP contribution in [0.1, 0.15) is 10.4 Å². The minimum absolute atomic E-state index is 0.0911. The maximum Gasteiger partial charge on any atom is 0.342 e. The van der Waals surface area contributed by atoms with E-state index in [-0.39, 0.29) is 34.2 Å². The van der Waals surface area contributed by atoms with Crippen molar-refractivity contribution in [3.8, 4) is 11.8 Å². The largest absolute Gasteiger partial charge is 0.481 e. The van der Waals surface area contributed by atoms with Crippen LogP contribution >= 0.6 is 11.6 Å². The minimum atomic E-state index is -1.22. The van der Waals surface area contributed by atoms with Crippen LogP contribution in [0, 0.1) is 0 Å². The summed E-state index contributed by atoms with van der Waals surface area (Å²) in [6, 6.07) is 1.49. The average Bonchev–Trinajstić information content (AvgIpc) is 2.72. The minimum Gasteiger partial charge on any atom is -0.481 e. The van der Waals surface area contributed by atoms with Gasteiger partial charge in [0.1, 0.15) is 11.4 Å². The SMILES string of the molecule is COc1cc(OC)nc(Nc2c(C(=O)O)c(Cl)nn2C)n1. The van der Waals surface area contributed by atoms with Gasteiger partial charge in [0.15, 0.2) is 5.15 Å². The molecule has 10 heteroatoms. The smallest absolute Gasteiger partial charge is 0.342 e.